The second kappa shape index (κ2) is 4.96. The van der Waals surface area contributed by atoms with Crippen molar-refractivity contribution in [2.24, 2.45) is 9.98 Å². The van der Waals surface area contributed by atoms with E-state index in [9.17, 15) is 0 Å². The van der Waals surface area contributed by atoms with Gasteiger partial charge in [0.1, 0.15) is 0 Å². The first-order valence-corrected chi connectivity index (χ1v) is 4.71. The highest BCUT2D eigenvalue weighted by Crippen LogP contribution is 2.13. The Kier molecular flexibility index (Phi) is 3.89. The van der Waals surface area contributed by atoms with E-state index in [4.69, 9.17) is 16.3 Å². The molecule has 0 fully saturated rings. The van der Waals surface area contributed by atoms with Crippen molar-refractivity contribution in [3.05, 3.63) is 22.9 Å². The van der Waals surface area contributed by atoms with Gasteiger partial charge < -0.3 is 4.74 Å². The normalized spacial score (nSPS) is 36.0. The first kappa shape index (κ1) is 11.0. The molecule has 1 aliphatic heterocycles. The van der Waals surface area contributed by atoms with Gasteiger partial charge >= 0.3 is 0 Å². The van der Waals surface area contributed by atoms with Crippen molar-refractivity contribution >= 4 is 23.7 Å². The molecule has 1 unspecified atom stereocenters. The second-order valence-corrected chi connectivity index (χ2v) is 3.40. The molecule has 0 aromatic carbocycles. The van der Waals surface area contributed by atoms with Crippen LogP contribution in [0.5, 0.6) is 0 Å². The van der Waals surface area contributed by atoms with E-state index < -0.39 is 0 Å². The van der Waals surface area contributed by atoms with Crippen LogP contribution in [-0.2, 0) is 4.74 Å². The van der Waals surface area contributed by atoms with Gasteiger partial charge in [-0.25, -0.2) is 4.99 Å². The van der Waals surface area contributed by atoms with Gasteiger partial charge in [-0.2, -0.15) is 0 Å². The summed E-state index contributed by atoms with van der Waals surface area (Å²) in [6.07, 6.45) is 5.18. The highest BCUT2D eigenvalue weighted by Gasteiger charge is 2.06. The Morgan fingerprint density at radius 1 is 1.50 bits per heavy atom. The van der Waals surface area contributed by atoms with Gasteiger partial charge in [-0.05, 0) is 19.9 Å². The van der Waals surface area contributed by atoms with Crippen LogP contribution in [0.15, 0.2) is 32.9 Å². The standard InChI is InChI=1S/C10H13ClN2O/c1-7-6-10(14-3)13-8(2)9(11)4-5-12-7/h4-6,8H,1-3H3/b7-6+,9-4+,12-5+,13-10+. The Morgan fingerprint density at radius 2 is 2.21 bits per heavy atom. The molecular weight excluding hydrogens is 200 g/mol. The first-order valence-electron chi connectivity index (χ1n) is 4.33. The van der Waals surface area contributed by atoms with E-state index in [1.807, 2.05) is 13.8 Å². The predicted molar refractivity (Wildman–Crippen MR) is 60.1 cm³/mol. The van der Waals surface area contributed by atoms with Gasteiger partial charge in [0, 0.05) is 23.0 Å². The molecule has 14 heavy (non-hydrogen) atoms. The van der Waals surface area contributed by atoms with Gasteiger partial charge in [-0.15, -0.1) is 0 Å². The van der Waals surface area contributed by atoms with Gasteiger partial charge in [0.2, 0.25) is 5.90 Å². The van der Waals surface area contributed by atoms with E-state index in [0.717, 1.165) is 5.70 Å². The van der Waals surface area contributed by atoms with Gasteiger partial charge in [0.25, 0.3) is 0 Å². The summed E-state index contributed by atoms with van der Waals surface area (Å²) >= 11 is 5.97. The smallest absolute Gasteiger partial charge is 0.210 e. The second-order valence-electron chi connectivity index (χ2n) is 2.96. The van der Waals surface area contributed by atoms with Crippen molar-refractivity contribution in [1.29, 1.82) is 0 Å². The van der Waals surface area contributed by atoms with Crippen LogP contribution < -0.4 is 0 Å². The molecule has 4 heteroatoms. The van der Waals surface area contributed by atoms with Crippen LogP contribution in [0.25, 0.3) is 0 Å². The Bertz CT molecular complexity index is 329. The summed E-state index contributed by atoms with van der Waals surface area (Å²) in [5, 5.41) is 0.645. The number of rotatable bonds is 0. The molecule has 0 saturated carbocycles. The molecule has 76 valence electrons. The minimum absolute atomic E-state index is 0.0970. The summed E-state index contributed by atoms with van der Waals surface area (Å²) in [7, 11) is 1.58. The first-order chi connectivity index (χ1) is 6.63. The van der Waals surface area contributed by atoms with E-state index in [0.29, 0.717) is 10.9 Å². The molecule has 0 amide bonds. The number of ether oxygens (including phenoxy) is 1. The van der Waals surface area contributed by atoms with Crippen LogP contribution in [0.4, 0.5) is 0 Å². The molecule has 0 spiro atoms. The minimum atomic E-state index is -0.0970. The fourth-order valence-corrected chi connectivity index (χ4v) is 1.09. The van der Waals surface area contributed by atoms with Crippen LogP contribution in [0.2, 0.25) is 0 Å². The number of halogens is 1. The summed E-state index contributed by atoms with van der Waals surface area (Å²) in [4.78, 5) is 8.42. The van der Waals surface area contributed by atoms with E-state index >= 15 is 0 Å². The van der Waals surface area contributed by atoms with E-state index in [1.54, 1.807) is 25.5 Å². The van der Waals surface area contributed by atoms with Crippen molar-refractivity contribution in [2.45, 2.75) is 19.9 Å². The fourth-order valence-electron chi connectivity index (χ4n) is 0.983. The maximum Gasteiger partial charge on any atom is 0.210 e. The molecule has 0 saturated heterocycles. The predicted octanol–water partition coefficient (Wildman–Crippen LogP) is 2.53. The van der Waals surface area contributed by atoms with Gasteiger partial charge in [-0.1, -0.05) is 11.6 Å². The van der Waals surface area contributed by atoms with Crippen LogP contribution in [0, 0.1) is 0 Å². The molecule has 1 rings (SSSR count). The number of allylic oxidation sites excluding steroid dienone is 2. The topological polar surface area (TPSA) is 34.0 Å². The van der Waals surface area contributed by atoms with Crippen molar-refractivity contribution in [2.75, 3.05) is 7.11 Å². The zero-order valence-electron chi connectivity index (χ0n) is 8.49. The average molecular weight is 213 g/mol. The maximum atomic E-state index is 5.97. The summed E-state index contributed by atoms with van der Waals surface area (Å²) in [5.74, 6) is 0.542. The summed E-state index contributed by atoms with van der Waals surface area (Å²) in [5.41, 5.74) is 0.834. The molecule has 1 aliphatic rings. The Labute approximate surface area is 88.8 Å². The molecule has 0 radical (unpaired) electrons. The zero-order valence-corrected chi connectivity index (χ0v) is 9.25. The molecule has 0 aromatic heterocycles. The number of hydrogen-bond acceptors (Lipinski definition) is 3. The molecule has 3 nitrogen and oxygen atoms in total. The monoisotopic (exact) mass is 212 g/mol. The van der Waals surface area contributed by atoms with Crippen LogP contribution in [-0.4, -0.2) is 25.3 Å². The minimum Gasteiger partial charge on any atom is -0.481 e. The average Bonchev–Trinajstić information content (AvgIpc) is 2.20. The van der Waals surface area contributed by atoms with E-state index in [1.165, 1.54) is 0 Å². The molecule has 1 heterocycles. The van der Waals surface area contributed by atoms with Crippen molar-refractivity contribution in [1.82, 2.24) is 0 Å². The number of hydrogen-bond donors (Lipinski definition) is 0. The Balaban J connectivity index is 3.07. The third-order valence-electron chi connectivity index (χ3n) is 1.77. The van der Waals surface area contributed by atoms with Crippen molar-refractivity contribution in [3.8, 4) is 0 Å². The Morgan fingerprint density at radius 3 is 2.86 bits per heavy atom. The molecule has 0 bridgehead atoms. The zero-order chi connectivity index (χ0) is 10.6. The quantitative estimate of drug-likeness (QED) is 0.608. The van der Waals surface area contributed by atoms with E-state index in [2.05, 4.69) is 9.98 Å². The van der Waals surface area contributed by atoms with Crippen LogP contribution in [0.3, 0.4) is 0 Å². The summed E-state index contributed by atoms with van der Waals surface area (Å²) < 4.78 is 5.09. The lowest BCUT2D eigenvalue weighted by atomic mass is 10.3. The number of aliphatic imine (C=N–C) groups is 2. The molecule has 0 N–H and O–H groups in total. The highest BCUT2D eigenvalue weighted by atomic mass is 35.5. The molecule has 0 aliphatic carbocycles. The van der Waals surface area contributed by atoms with Gasteiger partial charge in [-0.3, -0.25) is 4.99 Å². The summed E-state index contributed by atoms with van der Waals surface area (Å²) in [6, 6.07) is -0.0970. The van der Waals surface area contributed by atoms with Crippen molar-refractivity contribution < 1.29 is 4.74 Å². The van der Waals surface area contributed by atoms with Gasteiger partial charge in [0.05, 0.1) is 13.2 Å². The van der Waals surface area contributed by atoms with Crippen LogP contribution in [0.1, 0.15) is 13.8 Å². The largest absolute Gasteiger partial charge is 0.481 e. The Hall–Kier alpha value is -1.09. The fraction of sp³-hybridized carbons (Fsp3) is 0.400. The summed E-state index contributed by atoms with van der Waals surface area (Å²) in [6.45, 7) is 3.78. The lowest BCUT2D eigenvalue weighted by Gasteiger charge is -2.05. The lowest BCUT2D eigenvalue weighted by Crippen LogP contribution is -2.05. The third-order valence-corrected chi connectivity index (χ3v) is 2.22. The third kappa shape index (κ3) is 3.00. The number of methoxy groups -OCH3 is 1. The van der Waals surface area contributed by atoms with Crippen molar-refractivity contribution in [3.63, 3.8) is 0 Å². The number of nitrogens with zero attached hydrogens (tertiary/aromatic N) is 2. The molecule has 1 atom stereocenters. The van der Waals surface area contributed by atoms with Gasteiger partial charge in [0.15, 0.2) is 0 Å². The SMILES string of the molecule is COC1=N\C(C)\C(Cl)=C/C=N/C(C)=C/1. The van der Waals surface area contributed by atoms with Crippen LogP contribution >= 0.6 is 11.6 Å². The lowest BCUT2D eigenvalue weighted by molar-refractivity contribution is 0.403. The molecule has 0 aromatic rings. The maximum absolute atomic E-state index is 5.97. The highest BCUT2D eigenvalue weighted by molar-refractivity contribution is 6.31. The van der Waals surface area contributed by atoms with E-state index in [-0.39, 0.29) is 6.04 Å². The molecular formula is C10H13ClN2O.